The van der Waals surface area contributed by atoms with Crippen LogP contribution in [0.3, 0.4) is 0 Å². The number of methoxy groups -OCH3 is 1. The third-order valence-electron chi connectivity index (χ3n) is 8.00. The van der Waals surface area contributed by atoms with Crippen LogP contribution in [0, 0.1) is 5.92 Å². The number of rotatable bonds is 13. The number of anilines is 1. The van der Waals surface area contributed by atoms with Crippen molar-refractivity contribution in [1.29, 1.82) is 0 Å². The average molecular weight is 526 g/mol. The Morgan fingerprint density at radius 1 is 1.21 bits per heavy atom. The van der Waals surface area contributed by atoms with E-state index in [0.717, 1.165) is 68.6 Å². The van der Waals surface area contributed by atoms with Gasteiger partial charge in [-0.25, -0.2) is 9.37 Å². The lowest BCUT2D eigenvalue weighted by atomic mass is 9.99. The number of aryl methyl sites for hydroxylation is 2. The van der Waals surface area contributed by atoms with Crippen molar-refractivity contribution in [2.45, 2.75) is 76.1 Å². The van der Waals surface area contributed by atoms with E-state index in [1.165, 1.54) is 18.4 Å². The first-order valence-corrected chi connectivity index (χ1v) is 14.1. The van der Waals surface area contributed by atoms with Gasteiger partial charge in [0.1, 0.15) is 29.9 Å². The molecule has 0 amide bonds. The first-order chi connectivity index (χ1) is 18.5. The van der Waals surface area contributed by atoms with Crippen molar-refractivity contribution in [3.8, 4) is 5.75 Å². The van der Waals surface area contributed by atoms with Gasteiger partial charge in [-0.05, 0) is 86.6 Å². The van der Waals surface area contributed by atoms with Gasteiger partial charge in [-0.3, -0.25) is 9.69 Å². The summed E-state index contributed by atoms with van der Waals surface area (Å²) >= 11 is 0. The number of ether oxygens (including phenoxy) is 2. The van der Waals surface area contributed by atoms with Gasteiger partial charge in [0.25, 0.3) is 0 Å². The van der Waals surface area contributed by atoms with E-state index in [4.69, 9.17) is 14.5 Å². The molecule has 3 atom stereocenters. The van der Waals surface area contributed by atoms with E-state index in [-0.39, 0.29) is 13.1 Å². The van der Waals surface area contributed by atoms with Gasteiger partial charge in [-0.1, -0.05) is 18.6 Å². The number of fused-ring (bicyclic) bond motifs is 1. The van der Waals surface area contributed by atoms with E-state index in [1.807, 2.05) is 18.2 Å². The molecular weight excluding hydrogens is 485 g/mol. The highest BCUT2D eigenvalue weighted by atomic mass is 19.1. The Morgan fingerprint density at radius 2 is 2.08 bits per heavy atom. The molecule has 0 unspecified atom stereocenters. The average Bonchev–Trinajstić information content (AvgIpc) is 3.66. The van der Waals surface area contributed by atoms with Gasteiger partial charge in [0, 0.05) is 37.5 Å². The molecule has 1 aromatic heterocycles. The summed E-state index contributed by atoms with van der Waals surface area (Å²) in [5.41, 5.74) is 4.11. The molecule has 38 heavy (non-hydrogen) atoms. The number of nitrogens with zero attached hydrogens (tertiary/aromatic N) is 2. The third kappa shape index (κ3) is 6.64. The van der Waals surface area contributed by atoms with Gasteiger partial charge in [0.05, 0.1) is 7.11 Å². The van der Waals surface area contributed by atoms with Crippen molar-refractivity contribution in [2.75, 3.05) is 38.7 Å². The van der Waals surface area contributed by atoms with Crippen molar-refractivity contribution in [3.63, 3.8) is 0 Å². The molecule has 3 heterocycles. The van der Waals surface area contributed by atoms with Crippen LogP contribution >= 0.6 is 0 Å². The van der Waals surface area contributed by atoms with Crippen LogP contribution in [0.15, 0.2) is 30.3 Å². The van der Waals surface area contributed by atoms with Gasteiger partial charge < -0.3 is 19.9 Å². The van der Waals surface area contributed by atoms with Crippen LogP contribution in [0.25, 0.3) is 0 Å². The molecule has 206 valence electrons. The van der Waals surface area contributed by atoms with Crippen LogP contribution in [-0.4, -0.2) is 66.6 Å². The SMILES string of the molecule is COc1ccc(CC2CC2)cc1[C@H](C(=O)O)N1C[C@@H](F)[C@H](OCCCCCc2ccc3c(n2)NCCC3)C1. The van der Waals surface area contributed by atoms with E-state index in [1.54, 1.807) is 12.0 Å². The summed E-state index contributed by atoms with van der Waals surface area (Å²) in [4.78, 5) is 18.8. The zero-order valence-corrected chi connectivity index (χ0v) is 22.3. The molecule has 0 spiro atoms. The van der Waals surface area contributed by atoms with Crippen molar-refractivity contribution < 1.29 is 23.8 Å². The molecule has 2 N–H and O–H groups in total. The number of carboxylic acid groups (broad SMARTS) is 1. The Morgan fingerprint density at radius 3 is 2.87 bits per heavy atom. The highest BCUT2D eigenvalue weighted by Crippen LogP contribution is 2.37. The molecule has 2 aliphatic heterocycles. The Hall–Kier alpha value is -2.71. The van der Waals surface area contributed by atoms with Crippen molar-refractivity contribution >= 4 is 11.8 Å². The summed E-state index contributed by atoms with van der Waals surface area (Å²) < 4.78 is 26.4. The topological polar surface area (TPSA) is 83.9 Å². The number of halogens is 1. The maximum absolute atomic E-state index is 14.9. The molecule has 5 rings (SSSR count). The number of nitrogens with one attached hydrogen (secondary N) is 1. The molecule has 0 bridgehead atoms. The number of unbranched alkanes of at least 4 members (excludes halogenated alkanes) is 2. The zero-order valence-electron chi connectivity index (χ0n) is 22.3. The Bertz CT molecular complexity index is 1110. The minimum Gasteiger partial charge on any atom is -0.496 e. The first-order valence-electron chi connectivity index (χ1n) is 14.1. The number of hydrogen-bond donors (Lipinski definition) is 2. The number of hydrogen-bond acceptors (Lipinski definition) is 6. The fourth-order valence-electron chi connectivity index (χ4n) is 5.72. The number of aromatic nitrogens is 1. The minimum atomic E-state index is -1.22. The minimum absolute atomic E-state index is 0.0374. The number of alkyl halides is 1. The van der Waals surface area contributed by atoms with Gasteiger partial charge in [-0.15, -0.1) is 0 Å². The molecule has 1 saturated heterocycles. The number of pyridine rings is 1. The molecular formula is C30H40FN3O4. The smallest absolute Gasteiger partial charge is 0.325 e. The Labute approximate surface area is 224 Å². The van der Waals surface area contributed by atoms with E-state index >= 15 is 0 Å². The summed E-state index contributed by atoms with van der Waals surface area (Å²) in [6.45, 7) is 1.74. The van der Waals surface area contributed by atoms with Gasteiger partial charge in [0.2, 0.25) is 0 Å². The molecule has 2 fully saturated rings. The standard InChI is InChI=1S/C30H40FN3O4/c1-37-26-13-10-21(16-20-8-9-20)17-24(26)28(30(35)36)34-18-25(31)27(19-34)38-15-4-2-3-7-23-12-11-22-6-5-14-32-29(22)33-23/h10-13,17,20,25,27-28H,2-9,14-16,18-19H2,1H3,(H,32,33)(H,35,36)/t25-,27-,28-/m1/s1. The summed E-state index contributed by atoms with van der Waals surface area (Å²) in [5.74, 6) is 1.25. The highest BCUT2D eigenvalue weighted by Gasteiger charge is 2.41. The predicted molar refractivity (Wildman–Crippen MR) is 145 cm³/mol. The highest BCUT2D eigenvalue weighted by molar-refractivity contribution is 5.77. The zero-order chi connectivity index (χ0) is 26.5. The van der Waals surface area contributed by atoms with Crippen LogP contribution in [0.2, 0.25) is 0 Å². The van der Waals surface area contributed by atoms with E-state index in [2.05, 4.69) is 17.4 Å². The Balaban J connectivity index is 1.10. The second-order valence-corrected chi connectivity index (χ2v) is 11.0. The lowest BCUT2D eigenvalue weighted by molar-refractivity contribution is -0.143. The van der Waals surface area contributed by atoms with Gasteiger partial charge in [0.15, 0.2) is 0 Å². The van der Waals surface area contributed by atoms with Crippen LogP contribution in [-0.2, 0) is 28.8 Å². The molecule has 0 radical (unpaired) electrons. The summed E-state index contributed by atoms with van der Waals surface area (Å²) in [7, 11) is 1.55. The fraction of sp³-hybridized carbons (Fsp3) is 0.600. The molecule has 1 aliphatic carbocycles. The van der Waals surface area contributed by atoms with E-state index in [0.29, 0.717) is 23.8 Å². The van der Waals surface area contributed by atoms with E-state index in [9.17, 15) is 14.3 Å². The quantitative estimate of drug-likeness (QED) is 0.357. The largest absolute Gasteiger partial charge is 0.496 e. The number of carboxylic acids is 1. The molecule has 8 heteroatoms. The van der Waals surface area contributed by atoms with Crippen molar-refractivity contribution in [1.82, 2.24) is 9.88 Å². The van der Waals surface area contributed by atoms with E-state index < -0.39 is 24.3 Å². The summed E-state index contributed by atoms with van der Waals surface area (Å²) in [6, 6.07) is 9.13. The van der Waals surface area contributed by atoms with Crippen molar-refractivity contribution in [2.24, 2.45) is 5.92 Å². The van der Waals surface area contributed by atoms with Crippen LogP contribution in [0.4, 0.5) is 10.2 Å². The number of carbonyl (C=O) groups is 1. The Kier molecular flexibility index (Phi) is 8.79. The van der Waals surface area contributed by atoms with Gasteiger partial charge in [-0.2, -0.15) is 0 Å². The third-order valence-corrected chi connectivity index (χ3v) is 8.00. The summed E-state index contributed by atoms with van der Waals surface area (Å²) in [5, 5.41) is 13.5. The van der Waals surface area contributed by atoms with Crippen LogP contribution in [0.5, 0.6) is 5.75 Å². The number of aliphatic carboxylic acids is 1. The van der Waals surface area contributed by atoms with Crippen LogP contribution in [0.1, 0.15) is 67.0 Å². The predicted octanol–water partition coefficient (Wildman–Crippen LogP) is 4.98. The first kappa shape index (κ1) is 26.9. The number of benzene rings is 1. The molecule has 7 nitrogen and oxygen atoms in total. The lowest BCUT2D eigenvalue weighted by Gasteiger charge is -2.26. The normalized spacial score (nSPS) is 22.1. The molecule has 3 aliphatic rings. The second kappa shape index (κ2) is 12.4. The fourth-order valence-corrected chi connectivity index (χ4v) is 5.72. The molecule has 2 aromatic rings. The summed E-state index contributed by atoms with van der Waals surface area (Å²) in [6.07, 6.45) is 7.54. The van der Waals surface area contributed by atoms with Crippen LogP contribution < -0.4 is 10.1 Å². The second-order valence-electron chi connectivity index (χ2n) is 11.0. The monoisotopic (exact) mass is 525 g/mol. The maximum atomic E-state index is 14.9. The van der Waals surface area contributed by atoms with Crippen molar-refractivity contribution in [3.05, 3.63) is 52.7 Å². The molecule has 1 saturated carbocycles. The maximum Gasteiger partial charge on any atom is 0.325 e. The van der Waals surface area contributed by atoms with Gasteiger partial charge >= 0.3 is 5.97 Å². The number of likely N-dealkylation sites (tertiary alicyclic amines) is 1. The molecule has 1 aromatic carbocycles. The lowest BCUT2D eigenvalue weighted by Crippen LogP contribution is -2.34.